The van der Waals surface area contributed by atoms with Crippen molar-refractivity contribution in [2.75, 3.05) is 32.7 Å². The van der Waals surface area contributed by atoms with Crippen LogP contribution in [0.25, 0.3) is 0 Å². The minimum absolute atomic E-state index is 0. The van der Waals surface area contributed by atoms with Crippen LogP contribution in [0.1, 0.15) is 46.0 Å². The van der Waals surface area contributed by atoms with E-state index in [-0.39, 0.29) is 42.6 Å². The standard InChI is InChI=1S/C18H32N4O3.ClH/c1-13(2)17(19)18(25)20-11-16(24)21-9-6-14(7-10-21)12-22-8-4-3-5-15(22)23;/h13-14,17H,3-12,19H2,1-2H3,(H,20,25);1H/t17-;/m0./s1. The van der Waals surface area contributed by atoms with Gasteiger partial charge >= 0.3 is 0 Å². The number of nitrogens with one attached hydrogen (secondary N) is 1. The summed E-state index contributed by atoms with van der Waals surface area (Å²) >= 11 is 0. The number of amides is 3. The largest absolute Gasteiger partial charge is 0.346 e. The summed E-state index contributed by atoms with van der Waals surface area (Å²) in [6.07, 6.45) is 4.61. The van der Waals surface area contributed by atoms with Gasteiger partial charge in [0.05, 0.1) is 12.6 Å². The first kappa shape index (κ1) is 22.7. The molecular weight excluding hydrogens is 356 g/mol. The summed E-state index contributed by atoms with van der Waals surface area (Å²) in [5, 5.41) is 2.64. The SMILES string of the molecule is CC(C)[C@H](N)C(=O)NCC(=O)N1CCC(CN2CCCCC2=O)CC1.Cl. The molecule has 2 rings (SSSR count). The van der Waals surface area contributed by atoms with Gasteiger partial charge in [-0.2, -0.15) is 0 Å². The van der Waals surface area contributed by atoms with Gasteiger partial charge in [-0.1, -0.05) is 13.8 Å². The van der Waals surface area contributed by atoms with Gasteiger partial charge in [0.1, 0.15) is 0 Å². The third-order valence-electron chi connectivity index (χ3n) is 5.30. The highest BCUT2D eigenvalue weighted by Gasteiger charge is 2.27. The Kier molecular flexibility index (Phi) is 9.36. The molecule has 3 N–H and O–H groups in total. The van der Waals surface area contributed by atoms with Crippen molar-refractivity contribution < 1.29 is 14.4 Å². The van der Waals surface area contributed by atoms with Crippen molar-refractivity contribution in [3.05, 3.63) is 0 Å². The Hall–Kier alpha value is -1.34. The number of carbonyl (C=O) groups excluding carboxylic acids is 3. The van der Waals surface area contributed by atoms with E-state index in [0.717, 1.165) is 38.8 Å². The van der Waals surface area contributed by atoms with Crippen molar-refractivity contribution in [1.82, 2.24) is 15.1 Å². The molecule has 0 unspecified atom stereocenters. The van der Waals surface area contributed by atoms with Crippen LogP contribution in [0.2, 0.25) is 0 Å². The van der Waals surface area contributed by atoms with E-state index >= 15 is 0 Å². The highest BCUT2D eigenvalue weighted by Crippen LogP contribution is 2.21. The number of piperidine rings is 2. The molecule has 0 aliphatic carbocycles. The van der Waals surface area contributed by atoms with Gasteiger partial charge in [0.15, 0.2) is 0 Å². The average molecular weight is 389 g/mol. The highest BCUT2D eigenvalue weighted by atomic mass is 35.5. The van der Waals surface area contributed by atoms with E-state index in [0.29, 0.717) is 25.4 Å². The molecular formula is C18H33ClN4O3. The van der Waals surface area contributed by atoms with Gasteiger partial charge in [-0.25, -0.2) is 0 Å². The van der Waals surface area contributed by atoms with Crippen LogP contribution in [-0.4, -0.2) is 66.3 Å². The van der Waals surface area contributed by atoms with Crippen molar-refractivity contribution in [2.45, 2.75) is 52.0 Å². The molecule has 26 heavy (non-hydrogen) atoms. The number of carbonyl (C=O) groups is 3. The van der Waals surface area contributed by atoms with Gasteiger partial charge in [-0.3, -0.25) is 14.4 Å². The van der Waals surface area contributed by atoms with Crippen LogP contribution < -0.4 is 11.1 Å². The lowest BCUT2D eigenvalue weighted by Crippen LogP contribution is -2.49. The first-order chi connectivity index (χ1) is 11.9. The van der Waals surface area contributed by atoms with Crippen LogP contribution in [0.4, 0.5) is 0 Å². The lowest BCUT2D eigenvalue weighted by molar-refractivity contribution is -0.136. The number of halogens is 1. The Labute approximate surface area is 162 Å². The van der Waals surface area contributed by atoms with Crippen LogP contribution in [0.5, 0.6) is 0 Å². The third kappa shape index (κ3) is 6.43. The lowest BCUT2D eigenvalue weighted by atomic mass is 9.95. The van der Waals surface area contributed by atoms with Crippen molar-refractivity contribution in [3.63, 3.8) is 0 Å². The van der Waals surface area contributed by atoms with E-state index in [4.69, 9.17) is 5.73 Å². The molecule has 2 heterocycles. The monoisotopic (exact) mass is 388 g/mol. The number of rotatable bonds is 6. The van der Waals surface area contributed by atoms with Crippen LogP contribution in [0.15, 0.2) is 0 Å². The van der Waals surface area contributed by atoms with Crippen molar-refractivity contribution in [1.29, 1.82) is 0 Å². The minimum Gasteiger partial charge on any atom is -0.346 e. The third-order valence-corrected chi connectivity index (χ3v) is 5.30. The van der Waals surface area contributed by atoms with Gasteiger partial charge < -0.3 is 20.9 Å². The molecule has 0 saturated carbocycles. The van der Waals surface area contributed by atoms with Gasteiger partial charge in [-0.05, 0) is 37.5 Å². The highest BCUT2D eigenvalue weighted by molar-refractivity contribution is 5.87. The number of nitrogens with two attached hydrogens (primary N) is 1. The fourth-order valence-corrected chi connectivity index (χ4v) is 3.43. The number of likely N-dealkylation sites (tertiary alicyclic amines) is 2. The molecule has 2 aliphatic rings. The predicted molar refractivity (Wildman–Crippen MR) is 103 cm³/mol. The molecule has 0 spiro atoms. The molecule has 2 saturated heterocycles. The van der Waals surface area contributed by atoms with E-state index in [1.54, 1.807) is 4.90 Å². The summed E-state index contributed by atoms with van der Waals surface area (Å²) in [7, 11) is 0. The van der Waals surface area contributed by atoms with Gasteiger partial charge in [0.2, 0.25) is 17.7 Å². The Balaban J connectivity index is 0.00000338. The lowest BCUT2D eigenvalue weighted by Gasteiger charge is -2.36. The molecule has 0 aromatic carbocycles. The van der Waals surface area contributed by atoms with E-state index < -0.39 is 6.04 Å². The van der Waals surface area contributed by atoms with Gasteiger partial charge in [0, 0.05) is 32.6 Å². The zero-order valence-corrected chi connectivity index (χ0v) is 16.7. The molecule has 2 fully saturated rings. The molecule has 1 atom stereocenters. The molecule has 0 radical (unpaired) electrons. The van der Waals surface area contributed by atoms with E-state index in [1.807, 2.05) is 18.7 Å². The normalized spacial score (nSPS) is 19.9. The second kappa shape index (κ2) is 10.7. The predicted octanol–water partition coefficient (Wildman–Crippen LogP) is 0.759. The van der Waals surface area contributed by atoms with E-state index in [1.165, 1.54) is 0 Å². The quantitative estimate of drug-likeness (QED) is 0.702. The second-order valence-corrected chi connectivity index (χ2v) is 7.61. The molecule has 0 bridgehead atoms. The van der Waals surface area contributed by atoms with Crippen molar-refractivity contribution in [3.8, 4) is 0 Å². The summed E-state index contributed by atoms with van der Waals surface area (Å²) in [5.41, 5.74) is 5.77. The summed E-state index contributed by atoms with van der Waals surface area (Å²) in [6, 6.07) is -0.583. The number of nitrogens with zero attached hydrogens (tertiary/aromatic N) is 2. The smallest absolute Gasteiger partial charge is 0.241 e. The first-order valence-corrected chi connectivity index (χ1v) is 9.47. The Morgan fingerprint density at radius 1 is 1.19 bits per heavy atom. The maximum Gasteiger partial charge on any atom is 0.241 e. The van der Waals surface area contributed by atoms with Crippen LogP contribution in [0.3, 0.4) is 0 Å². The Morgan fingerprint density at radius 2 is 1.85 bits per heavy atom. The van der Waals surface area contributed by atoms with Gasteiger partial charge in [0.25, 0.3) is 0 Å². The molecule has 8 heteroatoms. The molecule has 0 aromatic rings. The summed E-state index contributed by atoms with van der Waals surface area (Å²) in [6.45, 7) is 6.85. The fourth-order valence-electron chi connectivity index (χ4n) is 3.43. The molecule has 3 amide bonds. The number of hydrogen-bond donors (Lipinski definition) is 2. The average Bonchev–Trinajstić information content (AvgIpc) is 2.61. The van der Waals surface area contributed by atoms with Crippen molar-refractivity contribution >= 4 is 30.1 Å². The summed E-state index contributed by atoms with van der Waals surface area (Å²) in [5.74, 6) is 0.450. The van der Waals surface area contributed by atoms with Crippen LogP contribution >= 0.6 is 12.4 Å². The van der Waals surface area contributed by atoms with E-state index in [9.17, 15) is 14.4 Å². The van der Waals surface area contributed by atoms with Crippen molar-refractivity contribution in [2.24, 2.45) is 17.6 Å². The topological polar surface area (TPSA) is 95.7 Å². The molecule has 2 aliphatic heterocycles. The van der Waals surface area contributed by atoms with Crippen LogP contribution in [-0.2, 0) is 14.4 Å². The second-order valence-electron chi connectivity index (χ2n) is 7.61. The molecule has 150 valence electrons. The molecule has 7 nitrogen and oxygen atoms in total. The fraction of sp³-hybridized carbons (Fsp3) is 0.833. The maximum atomic E-state index is 12.2. The number of hydrogen-bond acceptors (Lipinski definition) is 4. The zero-order valence-electron chi connectivity index (χ0n) is 15.9. The maximum absolute atomic E-state index is 12.2. The Bertz CT molecular complexity index is 493. The Morgan fingerprint density at radius 3 is 2.42 bits per heavy atom. The van der Waals surface area contributed by atoms with Crippen LogP contribution in [0, 0.1) is 11.8 Å². The van der Waals surface area contributed by atoms with Gasteiger partial charge in [-0.15, -0.1) is 12.4 Å². The first-order valence-electron chi connectivity index (χ1n) is 9.47. The zero-order chi connectivity index (χ0) is 18.4. The van der Waals surface area contributed by atoms with E-state index in [2.05, 4.69) is 5.32 Å². The summed E-state index contributed by atoms with van der Waals surface area (Å²) in [4.78, 5) is 39.8. The summed E-state index contributed by atoms with van der Waals surface area (Å²) < 4.78 is 0. The molecule has 0 aromatic heterocycles. The minimum atomic E-state index is -0.583.